The quantitative estimate of drug-likeness (QED) is 0.0898. The number of rotatable bonds is 15. The number of aliphatic hydroxyl groups excluding tert-OH is 3. The highest BCUT2D eigenvalue weighted by Crippen LogP contribution is 2.62. The van der Waals surface area contributed by atoms with Crippen LogP contribution in [0.25, 0.3) is 0 Å². The Hall–Kier alpha value is -7.40. The maximum Gasteiger partial charge on any atom is 0.161 e. The van der Waals surface area contributed by atoms with Crippen LogP contribution in [0.1, 0.15) is 74.7 Å². The van der Waals surface area contributed by atoms with Gasteiger partial charge in [-0.05, 0) is 65.2 Å². The molecule has 374 valence electrons. The average molecular weight is 975 g/mol. The Balaban J connectivity index is 1.38. The van der Waals surface area contributed by atoms with Gasteiger partial charge >= 0.3 is 0 Å². The number of ether oxygens (including phenoxy) is 13. The Morgan fingerprint density at radius 1 is 0.394 bits per heavy atom. The molecule has 3 N–H and O–H groups in total. The van der Waals surface area contributed by atoms with Crippen LogP contribution in [-0.4, -0.2) is 105 Å². The number of methoxy groups -OCH3 is 10. The minimum Gasteiger partial charge on any atom is -0.497 e. The van der Waals surface area contributed by atoms with Crippen molar-refractivity contribution >= 4 is 0 Å². The molecular formula is C55H58O16. The summed E-state index contributed by atoms with van der Waals surface area (Å²) < 4.78 is 79.1. The van der Waals surface area contributed by atoms with Crippen LogP contribution in [0.5, 0.6) is 74.7 Å². The zero-order valence-electron chi connectivity index (χ0n) is 41.1. The molecule has 6 aromatic carbocycles. The van der Waals surface area contributed by atoms with Gasteiger partial charge in [0.25, 0.3) is 0 Å². The van der Waals surface area contributed by atoms with E-state index in [-0.39, 0.29) is 17.9 Å². The zero-order chi connectivity index (χ0) is 50.2. The van der Waals surface area contributed by atoms with Crippen LogP contribution in [0.4, 0.5) is 0 Å². The van der Waals surface area contributed by atoms with Crippen LogP contribution in [0, 0.1) is 0 Å². The van der Waals surface area contributed by atoms with Gasteiger partial charge in [-0.1, -0.05) is 30.3 Å². The van der Waals surface area contributed by atoms with E-state index in [9.17, 15) is 15.3 Å². The highest BCUT2D eigenvalue weighted by Gasteiger charge is 2.51. The summed E-state index contributed by atoms with van der Waals surface area (Å²) in [5.74, 6) is 3.46. The van der Waals surface area contributed by atoms with Gasteiger partial charge in [-0.2, -0.15) is 0 Å². The van der Waals surface area contributed by atoms with E-state index < -0.39 is 48.5 Å². The number of hydrogen-bond acceptors (Lipinski definition) is 16. The molecule has 3 aliphatic rings. The first-order valence-electron chi connectivity index (χ1n) is 22.9. The normalized spacial score (nSPS) is 21.9. The first-order valence-corrected chi connectivity index (χ1v) is 22.9. The van der Waals surface area contributed by atoms with E-state index in [4.69, 9.17) is 61.6 Å². The molecule has 8 atom stereocenters. The molecule has 0 saturated heterocycles. The largest absolute Gasteiger partial charge is 0.497 e. The molecule has 0 unspecified atom stereocenters. The highest BCUT2D eigenvalue weighted by atomic mass is 16.5. The fraction of sp³-hybridized carbons (Fsp3) is 0.345. The summed E-state index contributed by atoms with van der Waals surface area (Å²) in [4.78, 5) is 0. The minimum atomic E-state index is -1.35. The van der Waals surface area contributed by atoms with Crippen molar-refractivity contribution in [1.82, 2.24) is 0 Å². The van der Waals surface area contributed by atoms with Gasteiger partial charge in [0, 0.05) is 58.2 Å². The van der Waals surface area contributed by atoms with Crippen molar-refractivity contribution < 1.29 is 76.9 Å². The molecule has 16 heteroatoms. The van der Waals surface area contributed by atoms with Gasteiger partial charge < -0.3 is 76.9 Å². The van der Waals surface area contributed by atoms with Crippen LogP contribution in [0.15, 0.2) is 91.0 Å². The van der Waals surface area contributed by atoms with Crippen LogP contribution in [0.3, 0.4) is 0 Å². The Kier molecular flexibility index (Phi) is 13.8. The van der Waals surface area contributed by atoms with E-state index >= 15 is 0 Å². The maximum atomic E-state index is 13.2. The number of aliphatic hydroxyl groups is 3. The molecule has 0 bridgehead atoms. The topological polar surface area (TPSA) is 181 Å². The molecule has 0 radical (unpaired) electrons. The van der Waals surface area contributed by atoms with Gasteiger partial charge in [0.1, 0.15) is 58.6 Å². The monoisotopic (exact) mass is 974 g/mol. The number of benzene rings is 6. The minimum absolute atomic E-state index is 0.00730. The van der Waals surface area contributed by atoms with E-state index in [1.807, 2.05) is 18.2 Å². The summed E-state index contributed by atoms with van der Waals surface area (Å²) in [7, 11) is 15.4. The van der Waals surface area contributed by atoms with Crippen LogP contribution in [0.2, 0.25) is 0 Å². The van der Waals surface area contributed by atoms with Gasteiger partial charge in [-0.3, -0.25) is 0 Å². The zero-order valence-corrected chi connectivity index (χ0v) is 41.1. The third-order valence-corrected chi connectivity index (χ3v) is 13.7. The summed E-state index contributed by atoms with van der Waals surface area (Å²) in [5.41, 5.74) is 4.15. The SMILES string of the molecule is COc1ccc2c(c1)O[C@H](c1ccc(OC)c(OC)c1)[C@@H](O)[C@@H]2c1c(OC)c2c(c3c1O[C@H](c1ccc(OC)c(OC)c1)[C@@H](O)[C@H]3c1ccc(OC)cc1OC)O[C@H](c1ccc(OC)c(OC)c1)[C@@H](O)C2. The summed E-state index contributed by atoms with van der Waals surface area (Å²) in [6, 6.07) is 26.7. The fourth-order valence-electron chi connectivity index (χ4n) is 10.3. The lowest BCUT2D eigenvalue weighted by Gasteiger charge is -2.45. The van der Waals surface area contributed by atoms with Crippen molar-refractivity contribution in [2.75, 3.05) is 71.1 Å². The predicted octanol–water partition coefficient (Wildman–Crippen LogP) is 8.06. The third-order valence-electron chi connectivity index (χ3n) is 13.7. The van der Waals surface area contributed by atoms with Gasteiger partial charge in [0.15, 0.2) is 46.7 Å². The van der Waals surface area contributed by atoms with E-state index in [0.29, 0.717) is 108 Å². The van der Waals surface area contributed by atoms with Gasteiger partial charge in [-0.25, -0.2) is 0 Å². The maximum absolute atomic E-state index is 13.2. The first kappa shape index (κ1) is 48.6. The predicted molar refractivity (Wildman–Crippen MR) is 260 cm³/mol. The second kappa shape index (κ2) is 20.1. The Morgan fingerprint density at radius 2 is 0.845 bits per heavy atom. The molecule has 9 rings (SSSR count). The fourth-order valence-corrected chi connectivity index (χ4v) is 10.3. The lowest BCUT2D eigenvalue weighted by atomic mass is 9.72. The molecule has 0 amide bonds. The number of fused-ring (bicyclic) bond motifs is 4. The van der Waals surface area contributed by atoms with Gasteiger partial charge in [0.2, 0.25) is 0 Å². The van der Waals surface area contributed by atoms with Crippen molar-refractivity contribution in [1.29, 1.82) is 0 Å². The van der Waals surface area contributed by atoms with Crippen molar-refractivity contribution in [2.45, 2.75) is 54.9 Å². The second-order valence-corrected chi connectivity index (χ2v) is 17.2. The van der Waals surface area contributed by atoms with Crippen molar-refractivity contribution in [3.8, 4) is 74.7 Å². The molecule has 16 nitrogen and oxygen atoms in total. The Labute approximate surface area is 411 Å². The Bertz CT molecular complexity index is 2920. The number of hydrogen-bond donors (Lipinski definition) is 3. The molecule has 3 heterocycles. The van der Waals surface area contributed by atoms with Crippen LogP contribution >= 0.6 is 0 Å². The molecule has 0 saturated carbocycles. The molecule has 6 aromatic rings. The molecular weight excluding hydrogens is 917 g/mol. The van der Waals surface area contributed by atoms with Gasteiger partial charge in [-0.15, -0.1) is 0 Å². The van der Waals surface area contributed by atoms with Crippen molar-refractivity contribution in [3.05, 3.63) is 136 Å². The lowest BCUT2D eigenvalue weighted by molar-refractivity contribution is -0.00866. The van der Waals surface area contributed by atoms with E-state index in [1.165, 1.54) is 28.4 Å². The van der Waals surface area contributed by atoms with Crippen molar-refractivity contribution in [2.24, 2.45) is 0 Å². The second-order valence-electron chi connectivity index (χ2n) is 17.2. The molecule has 0 aliphatic carbocycles. The summed E-state index contributed by atoms with van der Waals surface area (Å²) in [6.45, 7) is 0. The van der Waals surface area contributed by atoms with Crippen molar-refractivity contribution in [3.63, 3.8) is 0 Å². The third kappa shape index (κ3) is 8.38. The average Bonchev–Trinajstić information content (AvgIpc) is 3.41. The Morgan fingerprint density at radius 3 is 1.34 bits per heavy atom. The van der Waals surface area contributed by atoms with E-state index in [1.54, 1.807) is 115 Å². The standard InChI is InChI=1S/C55H58O16/c1-59-30-14-16-32(39(24-30)64-6)44-47-54-34(26-35(56)50(70-54)27-11-18-36(61-3)41(21-27)65-7)53(68-10)46(55(47)71-52(49(44)58)29-13-20-38(63-5)43(23-29)67-9)45-33-17-15-31(60-2)25-40(33)69-51(48(45)57)28-12-19-37(62-4)42(22-28)66-8/h11-25,35,44-45,48-52,56-58H,26H2,1-10H3/t35-,44-,45-,48-,49-,50+,51+,52+/m0/s1. The van der Waals surface area contributed by atoms with Crippen LogP contribution in [-0.2, 0) is 6.42 Å². The van der Waals surface area contributed by atoms with E-state index in [2.05, 4.69) is 0 Å². The summed E-state index contributed by atoms with van der Waals surface area (Å²) in [5, 5.41) is 38.7. The van der Waals surface area contributed by atoms with Crippen LogP contribution < -0.4 is 61.6 Å². The first-order chi connectivity index (χ1) is 34.5. The van der Waals surface area contributed by atoms with E-state index in [0.717, 1.165) is 0 Å². The molecule has 71 heavy (non-hydrogen) atoms. The lowest BCUT2D eigenvalue weighted by Crippen LogP contribution is -2.40. The summed E-state index contributed by atoms with van der Waals surface area (Å²) >= 11 is 0. The molecule has 0 aromatic heterocycles. The summed E-state index contributed by atoms with van der Waals surface area (Å²) in [6.07, 6.45) is -6.91. The molecule has 0 fully saturated rings. The highest BCUT2D eigenvalue weighted by molar-refractivity contribution is 5.72. The smallest absolute Gasteiger partial charge is 0.161 e. The van der Waals surface area contributed by atoms with Gasteiger partial charge in [0.05, 0.1) is 77.2 Å². The molecule has 3 aliphatic heterocycles. The molecule has 0 spiro atoms.